The molecule has 0 aromatic heterocycles. The van der Waals surface area contributed by atoms with Crippen LogP contribution in [0.25, 0.3) is 0 Å². The van der Waals surface area contributed by atoms with Gasteiger partial charge in [0.05, 0.1) is 13.1 Å². The first-order valence-corrected chi connectivity index (χ1v) is 8.79. The molecule has 0 atom stereocenters. The summed E-state index contributed by atoms with van der Waals surface area (Å²) in [7, 11) is 0. The van der Waals surface area contributed by atoms with Gasteiger partial charge in [-0.1, -0.05) is 40.5 Å². The summed E-state index contributed by atoms with van der Waals surface area (Å²) in [5.74, 6) is -1.06. The number of amides is 3. The summed E-state index contributed by atoms with van der Waals surface area (Å²) >= 11 is 0. The Labute approximate surface area is 162 Å². The minimum atomic E-state index is -1.11. The van der Waals surface area contributed by atoms with Gasteiger partial charge in [0, 0.05) is 23.3 Å². The molecule has 3 amide bonds. The van der Waals surface area contributed by atoms with Crippen molar-refractivity contribution in [2.24, 2.45) is 5.41 Å². The second-order valence-electron chi connectivity index (χ2n) is 8.16. The Hall–Kier alpha value is -2.41. The number of carbonyl (C=O) groups is 3. The van der Waals surface area contributed by atoms with E-state index in [1.807, 2.05) is 20.8 Å². The van der Waals surface area contributed by atoms with Crippen LogP contribution in [-0.4, -0.2) is 43.0 Å². The molecule has 152 valence electrons. The topological polar surface area (TPSA) is 99.3 Å². The fourth-order valence-corrected chi connectivity index (χ4v) is 1.84. The fraction of sp³-hybridized carbons (Fsp3) is 0.550. The summed E-state index contributed by atoms with van der Waals surface area (Å²) in [4.78, 5) is 36.3. The fourth-order valence-electron chi connectivity index (χ4n) is 1.84. The molecule has 0 aliphatic heterocycles. The molecule has 7 nitrogen and oxygen atoms in total. The van der Waals surface area contributed by atoms with E-state index < -0.39 is 5.66 Å². The molecule has 0 unspecified atom stereocenters. The first-order valence-electron chi connectivity index (χ1n) is 8.79. The molecule has 4 N–H and O–H groups in total. The van der Waals surface area contributed by atoms with E-state index in [0.29, 0.717) is 23.3 Å². The number of nitrogens with one attached hydrogen (secondary N) is 4. The van der Waals surface area contributed by atoms with E-state index in [-0.39, 0.29) is 36.2 Å². The summed E-state index contributed by atoms with van der Waals surface area (Å²) in [5, 5.41) is 11.6. The van der Waals surface area contributed by atoms with Crippen molar-refractivity contribution >= 4 is 17.7 Å². The molecule has 0 heterocycles. The predicted octanol–water partition coefficient (Wildman–Crippen LogP) is 1.40. The summed E-state index contributed by atoms with van der Waals surface area (Å²) in [6.07, 6.45) is 0. The van der Waals surface area contributed by atoms with Crippen LogP contribution >= 0.6 is 0 Å². The molecule has 0 aliphatic rings. The Kier molecular flexibility index (Phi) is 9.16. The van der Waals surface area contributed by atoms with E-state index in [2.05, 4.69) is 41.0 Å². The van der Waals surface area contributed by atoms with Gasteiger partial charge in [0.15, 0.2) is 0 Å². The van der Waals surface area contributed by atoms with Crippen LogP contribution < -0.4 is 21.3 Å². The number of rotatable bonds is 10. The summed E-state index contributed by atoms with van der Waals surface area (Å²) in [6, 6.07) is 0. The third-order valence-electron chi connectivity index (χ3n) is 3.57. The summed E-state index contributed by atoms with van der Waals surface area (Å²) in [6.45, 7) is 22.4. The smallest absolute Gasteiger partial charge is 0.247 e. The van der Waals surface area contributed by atoms with Gasteiger partial charge < -0.3 is 16.0 Å². The van der Waals surface area contributed by atoms with Crippen molar-refractivity contribution in [3.05, 3.63) is 36.5 Å². The molecule has 0 aliphatic carbocycles. The first-order chi connectivity index (χ1) is 12.2. The molecule has 0 aromatic rings. The minimum absolute atomic E-state index is 0.0459. The van der Waals surface area contributed by atoms with Gasteiger partial charge in [0.2, 0.25) is 17.7 Å². The lowest BCUT2D eigenvalue weighted by atomic mass is 9.95. The van der Waals surface area contributed by atoms with Crippen LogP contribution in [0, 0.1) is 5.41 Å². The highest BCUT2D eigenvalue weighted by atomic mass is 16.2. The average Bonchev–Trinajstić information content (AvgIpc) is 2.54. The SMILES string of the molecule is C=C(C)C(=O)NCC(CNC(=O)C(=C)C)(NCC(C)(C)C)NC(=O)C(=C)C. The lowest BCUT2D eigenvalue weighted by Crippen LogP contribution is -2.70. The van der Waals surface area contributed by atoms with Gasteiger partial charge in [-0.05, 0) is 26.2 Å². The number of hydrogen-bond acceptors (Lipinski definition) is 4. The highest BCUT2D eigenvalue weighted by molar-refractivity contribution is 5.94. The van der Waals surface area contributed by atoms with Crippen molar-refractivity contribution < 1.29 is 14.4 Å². The number of hydrogen-bond donors (Lipinski definition) is 4. The molecular formula is C20H34N4O3. The average molecular weight is 379 g/mol. The Morgan fingerprint density at radius 3 is 1.37 bits per heavy atom. The normalized spacial score (nSPS) is 11.3. The van der Waals surface area contributed by atoms with Gasteiger partial charge in [-0.25, -0.2) is 0 Å². The predicted molar refractivity (Wildman–Crippen MR) is 109 cm³/mol. The van der Waals surface area contributed by atoms with Gasteiger partial charge in [0.25, 0.3) is 0 Å². The molecule has 0 fully saturated rings. The van der Waals surface area contributed by atoms with Crippen LogP contribution in [0.2, 0.25) is 0 Å². The van der Waals surface area contributed by atoms with Gasteiger partial charge in [-0.15, -0.1) is 0 Å². The first kappa shape index (κ1) is 24.6. The van der Waals surface area contributed by atoms with Crippen LogP contribution in [0.3, 0.4) is 0 Å². The maximum absolute atomic E-state index is 12.3. The van der Waals surface area contributed by atoms with Crippen molar-refractivity contribution in [2.75, 3.05) is 19.6 Å². The molecule has 7 heteroatoms. The standard InChI is InChI=1S/C20H34N4O3/c1-13(2)16(25)21-11-20(23-10-19(7,8)9,24-18(27)15(5)6)12-22-17(26)14(3)4/h23H,1,3,5,10-12H2,2,4,6-9H3,(H,21,25)(H,22,26)(H,24,27). The van der Waals surface area contributed by atoms with Gasteiger partial charge in [-0.2, -0.15) is 0 Å². The molecule has 0 rings (SSSR count). The Morgan fingerprint density at radius 1 is 0.704 bits per heavy atom. The van der Waals surface area contributed by atoms with Crippen molar-refractivity contribution in [2.45, 2.75) is 47.2 Å². The highest BCUT2D eigenvalue weighted by Crippen LogP contribution is 2.13. The Bertz CT molecular complexity index is 600. The van der Waals surface area contributed by atoms with Crippen LogP contribution in [0.5, 0.6) is 0 Å². The maximum Gasteiger partial charge on any atom is 0.247 e. The molecule has 0 bridgehead atoms. The van der Waals surface area contributed by atoms with E-state index in [1.165, 1.54) is 0 Å². The van der Waals surface area contributed by atoms with Gasteiger partial charge in [0.1, 0.15) is 5.66 Å². The summed E-state index contributed by atoms with van der Waals surface area (Å²) in [5.41, 5.74) is -0.210. The van der Waals surface area contributed by atoms with E-state index >= 15 is 0 Å². The molecule has 0 spiro atoms. The van der Waals surface area contributed by atoms with Crippen LogP contribution in [-0.2, 0) is 14.4 Å². The quantitative estimate of drug-likeness (QED) is 0.341. The van der Waals surface area contributed by atoms with Crippen molar-refractivity contribution in [1.82, 2.24) is 21.3 Å². The van der Waals surface area contributed by atoms with Crippen LogP contribution in [0.1, 0.15) is 41.5 Å². The number of carbonyl (C=O) groups excluding carboxylic acids is 3. The van der Waals surface area contributed by atoms with E-state index in [9.17, 15) is 14.4 Å². The third-order valence-corrected chi connectivity index (χ3v) is 3.57. The maximum atomic E-state index is 12.3. The van der Waals surface area contributed by atoms with Gasteiger partial charge in [-0.3, -0.25) is 19.7 Å². The molecule has 0 saturated heterocycles. The Balaban J connectivity index is 5.68. The monoisotopic (exact) mass is 378 g/mol. The van der Waals surface area contributed by atoms with Gasteiger partial charge >= 0.3 is 0 Å². The lowest BCUT2D eigenvalue weighted by Gasteiger charge is -2.38. The second-order valence-corrected chi connectivity index (χ2v) is 8.16. The molecule has 0 radical (unpaired) electrons. The van der Waals surface area contributed by atoms with E-state index in [4.69, 9.17) is 0 Å². The largest absolute Gasteiger partial charge is 0.349 e. The minimum Gasteiger partial charge on any atom is -0.349 e. The van der Waals surface area contributed by atoms with Crippen molar-refractivity contribution in [3.8, 4) is 0 Å². The highest BCUT2D eigenvalue weighted by Gasteiger charge is 2.34. The molecule has 27 heavy (non-hydrogen) atoms. The van der Waals surface area contributed by atoms with E-state index in [1.54, 1.807) is 20.8 Å². The van der Waals surface area contributed by atoms with Crippen LogP contribution in [0.4, 0.5) is 0 Å². The molecule has 0 saturated carbocycles. The van der Waals surface area contributed by atoms with Crippen LogP contribution in [0.15, 0.2) is 36.5 Å². The summed E-state index contributed by atoms with van der Waals surface area (Å²) < 4.78 is 0. The van der Waals surface area contributed by atoms with Crippen molar-refractivity contribution in [1.29, 1.82) is 0 Å². The van der Waals surface area contributed by atoms with E-state index in [0.717, 1.165) is 0 Å². The van der Waals surface area contributed by atoms with Crippen molar-refractivity contribution in [3.63, 3.8) is 0 Å². The second kappa shape index (κ2) is 10.1. The molecule has 0 aromatic carbocycles. The zero-order chi connectivity index (χ0) is 21.4. The lowest BCUT2D eigenvalue weighted by molar-refractivity contribution is -0.122. The third kappa shape index (κ3) is 9.75. The zero-order valence-corrected chi connectivity index (χ0v) is 17.5. The zero-order valence-electron chi connectivity index (χ0n) is 17.5. The molecular weight excluding hydrogens is 344 g/mol. The Morgan fingerprint density at radius 2 is 1.07 bits per heavy atom.